The number of rotatable bonds is 8. The fraction of sp³-hybridized carbons (Fsp3) is 0.611. The summed E-state index contributed by atoms with van der Waals surface area (Å²) in [5.41, 5.74) is 7.53. The lowest BCUT2D eigenvalue weighted by Crippen LogP contribution is -2.42. The Hall–Kier alpha value is -3.58. The molecule has 0 aromatic rings. The van der Waals surface area contributed by atoms with Crippen LogP contribution in [0, 0.1) is 11.8 Å². The first-order valence-corrected chi connectivity index (χ1v) is 16.7. The van der Waals surface area contributed by atoms with E-state index >= 15 is 0 Å². The molecular weight excluding hydrogens is 616 g/mol. The van der Waals surface area contributed by atoms with E-state index in [0.717, 1.165) is 19.6 Å². The molecule has 266 valence electrons. The second-order valence-corrected chi connectivity index (χ2v) is 12.9. The van der Waals surface area contributed by atoms with Crippen LogP contribution in [0.3, 0.4) is 0 Å². The molecule has 2 bridgehead atoms. The van der Waals surface area contributed by atoms with Crippen LogP contribution in [0.15, 0.2) is 58.4 Å². The number of carbonyl (C=O) groups excluding carboxylic acids is 4. The highest BCUT2D eigenvalue weighted by Gasteiger charge is 2.32. The van der Waals surface area contributed by atoms with Gasteiger partial charge in [0.15, 0.2) is 11.9 Å². The minimum absolute atomic E-state index is 0.0865. The lowest BCUT2D eigenvalue weighted by Gasteiger charge is -2.32. The van der Waals surface area contributed by atoms with E-state index in [4.69, 9.17) is 24.7 Å². The highest BCUT2D eigenvalue weighted by Crippen LogP contribution is 2.29. The first-order chi connectivity index (χ1) is 22.9. The van der Waals surface area contributed by atoms with Crippen LogP contribution in [0.25, 0.3) is 0 Å². The molecule has 0 aromatic carbocycles. The van der Waals surface area contributed by atoms with Gasteiger partial charge in [0.25, 0.3) is 0 Å². The van der Waals surface area contributed by atoms with Crippen molar-refractivity contribution in [1.82, 2.24) is 15.5 Å². The summed E-state index contributed by atoms with van der Waals surface area (Å²) in [6.45, 7) is 10.9. The zero-order valence-corrected chi connectivity index (χ0v) is 29.5. The number of methoxy groups -OCH3 is 3. The molecule has 0 saturated carbocycles. The highest BCUT2D eigenvalue weighted by atomic mass is 16.6. The minimum Gasteiger partial charge on any atom is -0.439 e. The van der Waals surface area contributed by atoms with Gasteiger partial charge in [0.2, 0.25) is 11.7 Å². The van der Waals surface area contributed by atoms with Crippen LogP contribution in [-0.2, 0) is 33.3 Å². The number of allylic oxidation sites excluding steroid dienone is 4. The van der Waals surface area contributed by atoms with Gasteiger partial charge in [-0.1, -0.05) is 38.2 Å². The van der Waals surface area contributed by atoms with E-state index in [1.54, 1.807) is 39.4 Å². The molecule has 0 radical (unpaired) electrons. The van der Waals surface area contributed by atoms with Gasteiger partial charge in [-0.25, -0.2) is 4.79 Å². The van der Waals surface area contributed by atoms with Crippen molar-refractivity contribution in [3.05, 3.63) is 58.4 Å². The van der Waals surface area contributed by atoms with Gasteiger partial charge in [-0.2, -0.15) is 0 Å². The van der Waals surface area contributed by atoms with Crippen LogP contribution in [0.2, 0.25) is 0 Å². The number of hydrogen-bond acceptors (Lipinski definition) is 10. The van der Waals surface area contributed by atoms with Crippen LogP contribution in [0.4, 0.5) is 4.79 Å². The van der Waals surface area contributed by atoms with E-state index in [-0.39, 0.29) is 47.7 Å². The maximum absolute atomic E-state index is 13.8. The molecule has 1 fully saturated rings. The van der Waals surface area contributed by atoms with Crippen LogP contribution < -0.4 is 16.4 Å². The number of likely N-dealkylation sites (tertiary alicyclic amines) is 1. The standard InChI is InChI=1S/C36H54N4O8/c1-22-12-13-27-31(38-14-17-40-15-9-16-40)28(41)20-26(32(27)42)21-39-35(43)23(2)10-8-11-29(45-5)34(48-36(37)44)25(4)19-24(3)33(47-7)30(18-22)46-6/h8,10-11,19-20,22,24,29-30,33-34,38H,9,12-18,21H2,1-7H3,(H2,37,44)(H,39,43)/b11-8-,23-10+,25-19+/t22-,24+,29+,30+,33-,34+/m1/s1. The number of amides is 2. The van der Waals surface area contributed by atoms with Crippen LogP contribution in [-0.4, -0.2) is 107 Å². The number of primary amides is 1. The topological polar surface area (TPSA) is 159 Å². The van der Waals surface area contributed by atoms with Crippen molar-refractivity contribution in [1.29, 1.82) is 0 Å². The first kappa shape index (κ1) is 38.9. The monoisotopic (exact) mass is 670 g/mol. The van der Waals surface area contributed by atoms with Gasteiger partial charge in [0.05, 0.1) is 17.9 Å². The molecule has 48 heavy (non-hydrogen) atoms. The lowest BCUT2D eigenvalue weighted by molar-refractivity contribution is -0.118. The summed E-state index contributed by atoms with van der Waals surface area (Å²) >= 11 is 0. The van der Waals surface area contributed by atoms with Crippen LogP contribution in [0.5, 0.6) is 0 Å². The average molecular weight is 671 g/mol. The summed E-state index contributed by atoms with van der Waals surface area (Å²) in [5, 5.41) is 6.04. The summed E-state index contributed by atoms with van der Waals surface area (Å²) in [7, 11) is 4.76. The Bertz CT molecular complexity index is 1330. The zero-order chi connectivity index (χ0) is 35.4. The van der Waals surface area contributed by atoms with Gasteiger partial charge in [0.1, 0.15) is 6.10 Å². The summed E-state index contributed by atoms with van der Waals surface area (Å²) in [4.78, 5) is 54.3. The zero-order valence-electron chi connectivity index (χ0n) is 29.5. The quantitative estimate of drug-likeness (QED) is 0.259. The second-order valence-electron chi connectivity index (χ2n) is 12.9. The van der Waals surface area contributed by atoms with Crippen molar-refractivity contribution in [2.75, 3.05) is 54.1 Å². The normalized spacial score (nSPS) is 31.6. The third-order valence-electron chi connectivity index (χ3n) is 9.31. The largest absolute Gasteiger partial charge is 0.439 e. The molecule has 1 saturated heterocycles. The van der Waals surface area contributed by atoms with Crippen LogP contribution in [0.1, 0.15) is 53.4 Å². The maximum Gasteiger partial charge on any atom is 0.405 e. The number of ether oxygens (including phenoxy) is 4. The number of hydrogen-bond donors (Lipinski definition) is 3. The van der Waals surface area contributed by atoms with E-state index in [1.807, 2.05) is 19.9 Å². The lowest BCUT2D eigenvalue weighted by atomic mass is 9.85. The van der Waals surface area contributed by atoms with Crippen molar-refractivity contribution in [3.8, 4) is 0 Å². The van der Waals surface area contributed by atoms with Crippen molar-refractivity contribution in [2.45, 2.75) is 77.8 Å². The summed E-state index contributed by atoms with van der Waals surface area (Å²) in [5.74, 6) is -0.960. The van der Waals surface area contributed by atoms with Crippen molar-refractivity contribution < 1.29 is 38.1 Å². The van der Waals surface area contributed by atoms with Crippen molar-refractivity contribution >= 4 is 23.6 Å². The molecule has 3 rings (SSSR count). The van der Waals surface area contributed by atoms with E-state index in [2.05, 4.69) is 22.5 Å². The van der Waals surface area contributed by atoms with Crippen molar-refractivity contribution in [2.24, 2.45) is 17.6 Å². The number of nitrogens with zero attached hydrogens (tertiary/aromatic N) is 1. The molecular formula is C36H54N4O8. The molecule has 0 spiro atoms. The number of nitrogens with one attached hydrogen (secondary N) is 2. The Morgan fingerprint density at radius 2 is 1.81 bits per heavy atom. The van der Waals surface area contributed by atoms with Crippen LogP contribution >= 0.6 is 0 Å². The van der Waals surface area contributed by atoms with Gasteiger partial charge in [-0.15, -0.1) is 0 Å². The Balaban J connectivity index is 1.98. The molecule has 3 aliphatic rings. The van der Waals surface area contributed by atoms with E-state index in [0.29, 0.717) is 48.2 Å². The predicted octanol–water partition coefficient (Wildman–Crippen LogP) is 3.14. The van der Waals surface area contributed by atoms with E-state index in [9.17, 15) is 19.2 Å². The predicted molar refractivity (Wildman–Crippen MR) is 183 cm³/mol. The smallest absolute Gasteiger partial charge is 0.405 e. The molecule has 12 nitrogen and oxygen atoms in total. The third-order valence-corrected chi connectivity index (χ3v) is 9.31. The number of carbonyl (C=O) groups is 4. The molecule has 0 aromatic heterocycles. The maximum atomic E-state index is 13.8. The summed E-state index contributed by atoms with van der Waals surface area (Å²) in [6.07, 6.45) is 7.86. The van der Waals surface area contributed by atoms with E-state index in [1.165, 1.54) is 19.6 Å². The number of Topliss-reactive ketones (excluding diaryl/α,β-unsaturated/α-hetero) is 1. The van der Waals surface area contributed by atoms with Gasteiger partial charge < -0.3 is 40.2 Å². The number of nitrogens with two attached hydrogens (primary N) is 1. The molecule has 12 heteroatoms. The molecule has 0 unspecified atom stereocenters. The Morgan fingerprint density at radius 1 is 1.08 bits per heavy atom. The van der Waals surface area contributed by atoms with Gasteiger partial charge in [-0.3, -0.25) is 14.4 Å². The number of fused-ring (bicyclic) bond motifs is 2. The van der Waals surface area contributed by atoms with Gasteiger partial charge in [-0.05, 0) is 70.2 Å². The molecule has 1 aliphatic carbocycles. The number of ketones is 2. The fourth-order valence-corrected chi connectivity index (χ4v) is 6.39. The SMILES string of the molecule is CO[C@H]1[C@@H](OC)C[C@H](C)CCC2=C(NCCN3CCC3)C(=O)C=C(CNC(=O)/C(C)=C/C=C\[C@H](OC)[C@@H](OC(N)=O)/C(C)=C/[C@@H]1C)C2=O. The average Bonchev–Trinajstić information content (AvgIpc) is 3.02. The van der Waals surface area contributed by atoms with Gasteiger partial charge >= 0.3 is 6.09 Å². The third kappa shape index (κ3) is 10.7. The second kappa shape index (κ2) is 18.8. The highest BCUT2D eigenvalue weighted by molar-refractivity contribution is 6.22. The fourth-order valence-electron chi connectivity index (χ4n) is 6.39. The first-order valence-electron chi connectivity index (χ1n) is 16.7. The summed E-state index contributed by atoms with van der Waals surface area (Å²) in [6, 6.07) is 0. The summed E-state index contributed by atoms with van der Waals surface area (Å²) < 4.78 is 23.0. The molecule has 4 N–H and O–H groups in total. The van der Waals surface area contributed by atoms with Crippen molar-refractivity contribution in [3.63, 3.8) is 0 Å². The minimum atomic E-state index is -0.948. The molecule has 6 atom stereocenters. The Morgan fingerprint density at radius 3 is 2.42 bits per heavy atom. The molecule has 2 aliphatic heterocycles. The van der Waals surface area contributed by atoms with E-state index < -0.39 is 24.2 Å². The Labute approximate surface area is 284 Å². The van der Waals surface area contributed by atoms with Gasteiger partial charge in [0, 0.05) is 63.6 Å². The Kier molecular flexibility index (Phi) is 15.2. The molecule has 2 heterocycles. The molecule has 2 amide bonds.